The van der Waals surface area contributed by atoms with Gasteiger partial charge in [0.25, 0.3) is 0 Å². The maximum atomic E-state index is 3.11. The van der Waals surface area contributed by atoms with Crippen LogP contribution in [0.15, 0.2) is 84.9 Å². The molecule has 0 bridgehead atoms. The lowest BCUT2D eigenvalue weighted by Crippen LogP contribution is -1.87. The summed E-state index contributed by atoms with van der Waals surface area (Å²) in [5.74, 6) is 3.11. The average Bonchev–Trinajstić information content (AvgIpc) is 2.57. The van der Waals surface area contributed by atoms with Crippen molar-refractivity contribution < 1.29 is 0 Å². The number of para-hydroxylation sites is 1. The van der Waals surface area contributed by atoms with Crippen LogP contribution in [-0.4, -0.2) is 0 Å². The monoisotopic (exact) mass is 269 g/mol. The van der Waals surface area contributed by atoms with Gasteiger partial charge in [0.1, 0.15) is 0 Å². The molecule has 0 radical (unpaired) electrons. The number of hydrogen-bond donors (Lipinski definition) is 1. The smallest absolute Gasteiger partial charge is 0.0459 e. The van der Waals surface area contributed by atoms with E-state index >= 15 is 0 Å². The Labute approximate surface area is 125 Å². The van der Waals surface area contributed by atoms with Gasteiger partial charge in [-0.15, -0.1) is 0 Å². The molecule has 3 aromatic carbocycles. The van der Waals surface area contributed by atoms with E-state index in [9.17, 15) is 0 Å². The number of hydrogen-bond acceptors (Lipinski definition) is 1. The van der Waals surface area contributed by atoms with Crippen molar-refractivity contribution in [2.75, 3.05) is 5.32 Å². The normalized spacial score (nSPS) is 9.52. The highest BCUT2D eigenvalue weighted by Gasteiger charge is 1.95. The summed E-state index contributed by atoms with van der Waals surface area (Å²) in [6, 6.07) is 31.5. The molecule has 3 aromatic rings. The molecule has 1 nitrogen and oxygen atoms in total. The van der Waals surface area contributed by atoms with Gasteiger partial charge in [-0.25, -0.2) is 0 Å². The van der Waals surface area contributed by atoms with E-state index in [2.05, 4.69) is 41.5 Å². The summed E-state index contributed by atoms with van der Waals surface area (Å²) in [5.41, 5.74) is 4.43. The average molecular weight is 269 g/mol. The first-order chi connectivity index (χ1) is 10.4. The topological polar surface area (TPSA) is 12.0 Å². The van der Waals surface area contributed by atoms with Gasteiger partial charge in [0, 0.05) is 17.3 Å². The van der Waals surface area contributed by atoms with Crippen LogP contribution in [0.1, 0.15) is 5.56 Å². The molecule has 0 heterocycles. The molecule has 0 aliphatic rings. The van der Waals surface area contributed by atoms with E-state index in [1.807, 2.05) is 60.7 Å². The zero-order chi connectivity index (χ0) is 14.3. The first-order valence-corrected chi connectivity index (χ1v) is 6.89. The molecule has 21 heavy (non-hydrogen) atoms. The molecule has 0 aliphatic heterocycles. The minimum absolute atomic E-state index is 0.998. The number of rotatable bonds is 2. The lowest BCUT2D eigenvalue weighted by atomic mass is 10.0. The Bertz CT molecular complexity index is 748. The van der Waals surface area contributed by atoms with Crippen LogP contribution in [0.5, 0.6) is 0 Å². The Hall–Kier alpha value is -2.98. The molecule has 3 rings (SSSR count). The minimum Gasteiger partial charge on any atom is -0.315 e. The first kappa shape index (κ1) is 13.0. The zero-order valence-corrected chi connectivity index (χ0v) is 11.6. The molecule has 0 amide bonds. The SMILES string of the molecule is C(#Cc1ccc(-c2ccccc2)cc1)Nc1ccccc1. The third-order valence-electron chi connectivity index (χ3n) is 3.18. The van der Waals surface area contributed by atoms with E-state index in [4.69, 9.17) is 0 Å². The second-order valence-electron chi connectivity index (χ2n) is 4.68. The molecule has 0 saturated carbocycles. The van der Waals surface area contributed by atoms with Crippen LogP contribution in [0.3, 0.4) is 0 Å². The molecule has 1 N–H and O–H groups in total. The van der Waals surface area contributed by atoms with Crippen LogP contribution >= 0.6 is 0 Å². The maximum absolute atomic E-state index is 3.11. The first-order valence-electron chi connectivity index (χ1n) is 6.89. The number of anilines is 1. The molecule has 1 heteroatoms. The van der Waals surface area contributed by atoms with Crippen molar-refractivity contribution in [3.8, 4) is 23.1 Å². The third kappa shape index (κ3) is 3.52. The molecule has 0 aliphatic carbocycles. The number of nitrogens with one attached hydrogen (secondary N) is 1. The van der Waals surface area contributed by atoms with Crippen LogP contribution in [0.2, 0.25) is 0 Å². The van der Waals surface area contributed by atoms with Crippen molar-refractivity contribution in [2.24, 2.45) is 0 Å². The van der Waals surface area contributed by atoms with Gasteiger partial charge in [0.05, 0.1) is 0 Å². The molecule has 0 unspecified atom stereocenters. The van der Waals surface area contributed by atoms with E-state index < -0.39 is 0 Å². The Morgan fingerprint density at radius 1 is 0.571 bits per heavy atom. The lowest BCUT2D eigenvalue weighted by molar-refractivity contribution is 1.58. The summed E-state index contributed by atoms with van der Waals surface area (Å²) < 4.78 is 0. The maximum Gasteiger partial charge on any atom is 0.0459 e. The fraction of sp³-hybridized carbons (Fsp3) is 0. The molecule has 0 saturated heterocycles. The second-order valence-corrected chi connectivity index (χ2v) is 4.68. The Morgan fingerprint density at radius 2 is 1.14 bits per heavy atom. The number of benzene rings is 3. The molecular formula is C20H15N. The van der Waals surface area contributed by atoms with Crippen molar-refractivity contribution in [1.82, 2.24) is 0 Å². The summed E-state index contributed by atoms with van der Waals surface area (Å²) in [5, 5.41) is 3.08. The van der Waals surface area contributed by atoms with Gasteiger partial charge in [-0.05, 0) is 41.3 Å². The lowest BCUT2D eigenvalue weighted by Gasteiger charge is -2.01. The Balaban J connectivity index is 1.71. The summed E-state index contributed by atoms with van der Waals surface area (Å²) in [4.78, 5) is 0. The highest BCUT2D eigenvalue weighted by molar-refractivity contribution is 5.64. The molecule has 0 atom stereocenters. The van der Waals surface area contributed by atoms with E-state index in [1.165, 1.54) is 11.1 Å². The standard InChI is InChI=1S/C20H15N/c1-3-7-18(8-4-1)19-13-11-17(12-14-19)15-16-21-20-9-5-2-6-10-20/h1-14,21H. The largest absolute Gasteiger partial charge is 0.315 e. The van der Waals surface area contributed by atoms with Gasteiger partial charge >= 0.3 is 0 Å². The highest BCUT2D eigenvalue weighted by Crippen LogP contribution is 2.18. The molecule has 0 fully saturated rings. The van der Waals surface area contributed by atoms with Crippen molar-refractivity contribution in [3.63, 3.8) is 0 Å². The van der Waals surface area contributed by atoms with Crippen molar-refractivity contribution in [2.45, 2.75) is 0 Å². The predicted octanol–water partition coefficient (Wildman–Crippen LogP) is 4.77. The Kier molecular flexibility index (Phi) is 4.00. The van der Waals surface area contributed by atoms with Crippen LogP contribution in [0, 0.1) is 12.0 Å². The second kappa shape index (κ2) is 6.45. The van der Waals surface area contributed by atoms with Gasteiger partial charge in [-0.3, -0.25) is 0 Å². The zero-order valence-electron chi connectivity index (χ0n) is 11.6. The van der Waals surface area contributed by atoms with E-state index in [1.54, 1.807) is 0 Å². The molecule has 0 aromatic heterocycles. The molecule has 0 spiro atoms. The van der Waals surface area contributed by atoms with Crippen molar-refractivity contribution in [3.05, 3.63) is 90.5 Å². The van der Waals surface area contributed by atoms with Crippen molar-refractivity contribution in [1.29, 1.82) is 0 Å². The quantitative estimate of drug-likeness (QED) is 0.521. The predicted molar refractivity (Wildman–Crippen MR) is 88.8 cm³/mol. The summed E-state index contributed by atoms with van der Waals surface area (Å²) in [7, 11) is 0. The van der Waals surface area contributed by atoms with E-state index in [0.29, 0.717) is 0 Å². The van der Waals surface area contributed by atoms with Gasteiger partial charge in [0.2, 0.25) is 0 Å². The van der Waals surface area contributed by atoms with Crippen molar-refractivity contribution >= 4 is 5.69 Å². The van der Waals surface area contributed by atoms with Gasteiger partial charge in [-0.2, -0.15) is 0 Å². The minimum atomic E-state index is 0.998. The van der Waals surface area contributed by atoms with Crippen LogP contribution in [0.25, 0.3) is 11.1 Å². The fourth-order valence-corrected chi connectivity index (χ4v) is 2.07. The highest BCUT2D eigenvalue weighted by atomic mass is 14.8. The van der Waals surface area contributed by atoms with E-state index in [0.717, 1.165) is 11.3 Å². The van der Waals surface area contributed by atoms with Crippen LogP contribution < -0.4 is 5.32 Å². The van der Waals surface area contributed by atoms with Gasteiger partial charge < -0.3 is 5.32 Å². The van der Waals surface area contributed by atoms with E-state index in [-0.39, 0.29) is 0 Å². The molecule has 100 valence electrons. The van der Waals surface area contributed by atoms with Crippen LogP contribution in [0.4, 0.5) is 5.69 Å². The Morgan fingerprint density at radius 3 is 1.81 bits per heavy atom. The third-order valence-corrected chi connectivity index (χ3v) is 3.18. The van der Waals surface area contributed by atoms with Crippen LogP contribution in [-0.2, 0) is 0 Å². The van der Waals surface area contributed by atoms with Gasteiger partial charge in [-0.1, -0.05) is 60.7 Å². The van der Waals surface area contributed by atoms with Gasteiger partial charge in [0.15, 0.2) is 0 Å². The summed E-state index contributed by atoms with van der Waals surface area (Å²) in [6.45, 7) is 0. The fourth-order valence-electron chi connectivity index (χ4n) is 2.07. The summed E-state index contributed by atoms with van der Waals surface area (Å²) >= 11 is 0. The summed E-state index contributed by atoms with van der Waals surface area (Å²) in [6.07, 6.45) is 0. The molecular weight excluding hydrogens is 254 g/mol.